The maximum atomic E-state index is 12.2. The van der Waals surface area contributed by atoms with Gasteiger partial charge in [0.05, 0.1) is 11.0 Å². The average Bonchev–Trinajstić information content (AvgIpc) is 2.98. The molecule has 0 aliphatic rings. The molecule has 1 amide bonds. The number of carbonyl (C=O) groups is 1. The molecule has 3 rings (SSSR count). The number of thiazole rings is 1. The molecule has 0 aliphatic carbocycles. The van der Waals surface area contributed by atoms with Crippen molar-refractivity contribution in [2.75, 3.05) is 6.54 Å². The van der Waals surface area contributed by atoms with E-state index in [2.05, 4.69) is 28.5 Å². The van der Waals surface area contributed by atoms with Crippen LogP contribution in [-0.4, -0.2) is 17.4 Å². The molecule has 0 radical (unpaired) electrons. The maximum absolute atomic E-state index is 12.2. The lowest BCUT2D eigenvalue weighted by atomic mass is 10.0. The third-order valence-corrected chi connectivity index (χ3v) is 4.34. The van der Waals surface area contributed by atoms with Crippen LogP contribution in [0.3, 0.4) is 0 Å². The summed E-state index contributed by atoms with van der Waals surface area (Å²) in [5.41, 5.74) is 7.30. The van der Waals surface area contributed by atoms with E-state index in [-0.39, 0.29) is 11.9 Å². The van der Waals surface area contributed by atoms with Gasteiger partial charge in [-0.15, -0.1) is 11.3 Å². The predicted molar refractivity (Wildman–Crippen MR) is 90.1 cm³/mol. The van der Waals surface area contributed by atoms with Gasteiger partial charge in [-0.3, -0.25) is 4.79 Å². The Hall–Kier alpha value is -2.24. The van der Waals surface area contributed by atoms with Crippen molar-refractivity contribution in [1.29, 1.82) is 0 Å². The Kier molecular flexibility index (Phi) is 4.18. The van der Waals surface area contributed by atoms with E-state index in [1.807, 2.05) is 31.2 Å². The minimum atomic E-state index is -0.223. The van der Waals surface area contributed by atoms with Crippen LogP contribution in [0.1, 0.15) is 27.1 Å². The summed E-state index contributed by atoms with van der Waals surface area (Å²) < 4.78 is 0. The zero-order valence-corrected chi connectivity index (χ0v) is 13.1. The first-order chi connectivity index (χ1) is 10.7. The van der Waals surface area contributed by atoms with Crippen LogP contribution in [0.25, 0.3) is 10.8 Å². The Labute approximate surface area is 133 Å². The van der Waals surface area contributed by atoms with Crippen molar-refractivity contribution in [3.8, 4) is 0 Å². The molecule has 1 heterocycles. The van der Waals surface area contributed by atoms with Crippen molar-refractivity contribution in [2.24, 2.45) is 5.73 Å². The molecule has 5 heteroatoms. The van der Waals surface area contributed by atoms with E-state index in [0.29, 0.717) is 12.2 Å². The van der Waals surface area contributed by atoms with E-state index in [1.54, 1.807) is 5.38 Å². The number of fused-ring (bicyclic) bond motifs is 1. The Morgan fingerprint density at radius 2 is 2.05 bits per heavy atom. The van der Waals surface area contributed by atoms with Gasteiger partial charge in [0.15, 0.2) is 0 Å². The van der Waals surface area contributed by atoms with E-state index in [9.17, 15) is 4.79 Å². The van der Waals surface area contributed by atoms with Crippen molar-refractivity contribution in [3.05, 3.63) is 64.1 Å². The van der Waals surface area contributed by atoms with Crippen molar-refractivity contribution < 1.29 is 4.79 Å². The molecular weight excluding hydrogens is 294 g/mol. The smallest absolute Gasteiger partial charge is 0.271 e. The number of carbonyl (C=O) groups excluding carboxylic acids is 1. The molecule has 0 saturated heterocycles. The SMILES string of the molecule is Cc1nc(C(=O)N[C@@H](CN)c2ccc3ccccc3c2)cs1. The predicted octanol–water partition coefficient (Wildman–Crippen LogP) is 3.03. The number of aromatic nitrogens is 1. The maximum Gasteiger partial charge on any atom is 0.271 e. The van der Waals surface area contributed by atoms with Crippen LogP contribution in [0, 0.1) is 6.92 Å². The lowest BCUT2D eigenvalue weighted by Gasteiger charge is -2.17. The Morgan fingerprint density at radius 3 is 2.73 bits per heavy atom. The Morgan fingerprint density at radius 1 is 1.27 bits per heavy atom. The number of hydrogen-bond donors (Lipinski definition) is 2. The van der Waals surface area contributed by atoms with Gasteiger partial charge < -0.3 is 11.1 Å². The van der Waals surface area contributed by atoms with Gasteiger partial charge >= 0.3 is 0 Å². The van der Waals surface area contributed by atoms with Gasteiger partial charge in [-0.25, -0.2) is 4.98 Å². The number of nitrogens with zero attached hydrogens (tertiary/aromatic N) is 1. The van der Waals surface area contributed by atoms with Crippen LogP contribution in [0.15, 0.2) is 47.8 Å². The molecule has 3 N–H and O–H groups in total. The fourth-order valence-electron chi connectivity index (χ4n) is 2.40. The molecule has 1 aromatic heterocycles. The van der Waals surface area contributed by atoms with Crippen LogP contribution in [0.2, 0.25) is 0 Å². The number of hydrogen-bond acceptors (Lipinski definition) is 4. The molecule has 1 atom stereocenters. The highest BCUT2D eigenvalue weighted by molar-refractivity contribution is 7.09. The van der Waals surface area contributed by atoms with Gasteiger partial charge in [0, 0.05) is 11.9 Å². The van der Waals surface area contributed by atoms with Crippen LogP contribution in [-0.2, 0) is 0 Å². The van der Waals surface area contributed by atoms with Gasteiger partial charge in [0.1, 0.15) is 5.69 Å². The molecule has 22 heavy (non-hydrogen) atoms. The van der Waals surface area contributed by atoms with Crippen molar-refractivity contribution in [3.63, 3.8) is 0 Å². The van der Waals surface area contributed by atoms with Crippen LogP contribution in [0.5, 0.6) is 0 Å². The van der Waals surface area contributed by atoms with Crippen molar-refractivity contribution in [2.45, 2.75) is 13.0 Å². The molecule has 0 aliphatic heterocycles. The van der Waals surface area contributed by atoms with Crippen LogP contribution in [0.4, 0.5) is 0 Å². The lowest BCUT2D eigenvalue weighted by Crippen LogP contribution is -2.33. The van der Waals surface area contributed by atoms with Gasteiger partial charge in [-0.2, -0.15) is 0 Å². The topological polar surface area (TPSA) is 68.0 Å². The fourth-order valence-corrected chi connectivity index (χ4v) is 3.00. The highest BCUT2D eigenvalue weighted by atomic mass is 32.1. The van der Waals surface area contributed by atoms with E-state index >= 15 is 0 Å². The molecule has 0 bridgehead atoms. The summed E-state index contributed by atoms with van der Waals surface area (Å²) in [5, 5.41) is 7.90. The molecule has 0 spiro atoms. The summed E-state index contributed by atoms with van der Waals surface area (Å²) in [4.78, 5) is 16.4. The molecular formula is C17H17N3OS. The third kappa shape index (κ3) is 3.00. The number of benzene rings is 2. The largest absolute Gasteiger partial charge is 0.343 e. The minimum absolute atomic E-state index is 0.187. The second kappa shape index (κ2) is 6.25. The van der Waals surface area contributed by atoms with Gasteiger partial charge in [0.25, 0.3) is 5.91 Å². The molecule has 0 unspecified atom stereocenters. The second-order valence-electron chi connectivity index (χ2n) is 5.12. The molecule has 0 saturated carbocycles. The average molecular weight is 311 g/mol. The number of nitrogens with two attached hydrogens (primary N) is 1. The molecule has 2 aromatic carbocycles. The van der Waals surface area contributed by atoms with Crippen molar-refractivity contribution in [1.82, 2.24) is 10.3 Å². The molecule has 0 fully saturated rings. The van der Waals surface area contributed by atoms with E-state index in [4.69, 9.17) is 5.73 Å². The summed E-state index contributed by atoms with van der Waals surface area (Å²) in [6.45, 7) is 2.22. The van der Waals surface area contributed by atoms with Gasteiger partial charge in [-0.1, -0.05) is 36.4 Å². The minimum Gasteiger partial charge on any atom is -0.343 e. The third-order valence-electron chi connectivity index (χ3n) is 3.57. The lowest BCUT2D eigenvalue weighted by molar-refractivity contribution is 0.0933. The number of nitrogens with one attached hydrogen (secondary N) is 1. The van der Waals surface area contributed by atoms with Gasteiger partial charge in [-0.05, 0) is 29.3 Å². The molecule has 3 aromatic rings. The Bertz CT molecular complexity index is 812. The quantitative estimate of drug-likeness (QED) is 0.778. The first-order valence-electron chi connectivity index (χ1n) is 7.09. The zero-order valence-electron chi connectivity index (χ0n) is 12.2. The highest BCUT2D eigenvalue weighted by Gasteiger charge is 2.16. The van der Waals surface area contributed by atoms with Crippen molar-refractivity contribution >= 4 is 28.0 Å². The summed E-state index contributed by atoms with van der Waals surface area (Å²) in [6.07, 6.45) is 0. The summed E-state index contributed by atoms with van der Waals surface area (Å²) in [6, 6.07) is 14.0. The molecule has 112 valence electrons. The first kappa shape index (κ1) is 14.7. The summed E-state index contributed by atoms with van der Waals surface area (Å²) >= 11 is 1.46. The number of rotatable bonds is 4. The summed E-state index contributed by atoms with van der Waals surface area (Å²) in [7, 11) is 0. The summed E-state index contributed by atoms with van der Waals surface area (Å²) in [5.74, 6) is -0.187. The first-order valence-corrected chi connectivity index (χ1v) is 7.97. The monoisotopic (exact) mass is 311 g/mol. The molecule has 4 nitrogen and oxygen atoms in total. The van der Waals surface area contributed by atoms with E-state index in [1.165, 1.54) is 16.7 Å². The van der Waals surface area contributed by atoms with E-state index in [0.717, 1.165) is 16.0 Å². The van der Waals surface area contributed by atoms with Gasteiger partial charge in [0.2, 0.25) is 0 Å². The second-order valence-corrected chi connectivity index (χ2v) is 6.18. The van der Waals surface area contributed by atoms with Crippen LogP contribution >= 0.6 is 11.3 Å². The Balaban J connectivity index is 1.84. The highest BCUT2D eigenvalue weighted by Crippen LogP contribution is 2.20. The zero-order chi connectivity index (χ0) is 15.5. The van der Waals surface area contributed by atoms with E-state index < -0.39 is 0 Å². The standard InChI is InChI=1S/C17H17N3OS/c1-11-19-16(10-22-11)17(21)20-15(9-18)14-7-6-12-4-2-3-5-13(12)8-14/h2-8,10,15H,9,18H2,1H3,(H,20,21)/t15-/m0/s1. The number of amides is 1. The van der Waals surface area contributed by atoms with Crippen LogP contribution < -0.4 is 11.1 Å². The normalized spacial score (nSPS) is 12.3. The fraction of sp³-hybridized carbons (Fsp3) is 0.176. The number of aryl methyl sites for hydroxylation is 1.